The van der Waals surface area contributed by atoms with E-state index in [0.717, 1.165) is 19.6 Å². The summed E-state index contributed by atoms with van der Waals surface area (Å²) in [7, 11) is 0. The number of ether oxygens (including phenoxy) is 2. The molecule has 2 heterocycles. The lowest BCUT2D eigenvalue weighted by atomic mass is 9.93. The molecule has 0 aromatic heterocycles. The summed E-state index contributed by atoms with van der Waals surface area (Å²) < 4.78 is 11.4. The van der Waals surface area contributed by atoms with Crippen LogP contribution < -0.4 is 0 Å². The standard InChI is InChI=1S/C9H16O2/c1-8-4-7-11-9(8)5-2-3-6-10-9/h8H,2-7H2,1H3. The fourth-order valence-electron chi connectivity index (χ4n) is 2.06. The lowest BCUT2D eigenvalue weighted by Gasteiger charge is -2.36. The van der Waals surface area contributed by atoms with Crippen LogP contribution in [0.2, 0.25) is 0 Å². The summed E-state index contributed by atoms with van der Waals surface area (Å²) in [6.07, 6.45) is 4.75. The molecular formula is C9H16O2. The predicted molar refractivity (Wildman–Crippen MR) is 42.3 cm³/mol. The normalized spacial score (nSPS) is 45.0. The summed E-state index contributed by atoms with van der Waals surface area (Å²) in [5, 5.41) is 0. The van der Waals surface area contributed by atoms with E-state index in [0.29, 0.717) is 5.92 Å². The quantitative estimate of drug-likeness (QED) is 0.533. The van der Waals surface area contributed by atoms with Crippen molar-refractivity contribution in [2.24, 2.45) is 5.92 Å². The zero-order valence-corrected chi connectivity index (χ0v) is 7.14. The van der Waals surface area contributed by atoms with Crippen molar-refractivity contribution in [1.82, 2.24) is 0 Å². The van der Waals surface area contributed by atoms with Gasteiger partial charge in [-0.1, -0.05) is 6.92 Å². The first-order valence-electron chi connectivity index (χ1n) is 4.61. The van der Waals surface area contributed by atoms with Crippen LogP contribution in [0.15, 0.2) is 0 Å². The molecule has 0 amide bonds. The molecular weight excluding hydrogens is 140 g/mol. The molecule has 0 radical (unpaired) electrons. The Bertz CT molecular complexity index is 138. The molecule has 2 unspecified atom stereocenters. The first-order chi connectivity index (χ1) is 5.33. The van der Waals surface area contributed by atoms with E-state index in [9.17, 15) is 0 Å². The van der Waals surface area contributed by atoms with Gasteiger partial charge in [0.1, 0.15) is 0 Å². The second kappa shape index (κ2) is 2.76. The topological polar surface area (TPSA) is 18.5 Å². The zero-order valence-electron chi connectivity index (χ0n) is 7.14. The summed E-state index contributed by atoms with van der Waals surface area (Å²) in [6, 6.07) is 0. The Morgan fingerprint density at radius 2 is 2.00 bits per heavy atom. The highest BCUT2D eigenvalue weighted by Gasteiger charge is 2.43. The van der Waals surface area contributed by atoms with Crippen molar-refractivity contribution >= 4 is 0 Å². The molecule has 2 nitrogen and oxygen atoms in total. The minimum absolute atomic E-state index is 0.168. The predicted octanol–water partition coefficient (Wildman–Crippen LogP) is 1.94. The molecule has 2 heteroatoms. The van der Waals surface area contributed by atoms with Crippen molar-refractivity contribution < 1.29 is 9.47 Å². The maximum absolute atomic E-state index is 5.72. The summed E-state index contributed by atoms with van der Waals surface area (Å²) in [5.41, 5.74) is 0. The largest absolute Gasteiger partial charge is 0.350 e. The molecule has 0 saturated carbocycles. The highest BCUT2D eigenvalue weighted by atomic mass is 16.7. The second-order valence-electron chi connectivity index (χ2n) is 3.66. The smallest absolute Gasteiger partial charge is 0.170 e. The van der Waals surface area contributed by atoms with E-state index in [1.54, 1.807) is 0 Å². The van der Waals surface area contributed by atoms with Gasteiger partial charge >= 0.3 is 0 Å². The molecule has 2 atom stereocenters. The van der Waals surface area contributed by atoms with E-state index in [1.165, 1.54) is 19.3 Å². The fourth-order valence-corrected chi connectivity index (χ4v) is 2.06. The highest BCUT2D eigenvalue weighted by Crippen LogP contribution is 2.39. The SMILES string of the molecule is CC1CCOC12CCCCO2. The summed E-state index contributed by atoms with van der Waals surface area (Å²) in [5.74, 6) is 0.431. The molecule has 0 aliphatic carbocycles. The van der Waals surface area contributed by atoms with Crippen molar-refractivity contribution in [2.75, 3.05) is 13.2 Å². The van der Waals surface area contributed by atoms with Gasteiger partial charge in [-0.3, -0.25) is 0 Å². The van der Waals surface area contributed by atoms with Crippen LogP contribution in [0, 0.1) is 5.92 Å². The average molecular weight is 156 g/mol. The molecule has 2 aliphatic rings. The summed E-state index contributed by atoms with van der Waals surface area (Å²) >= 11 is 0. The molecule has 2 saturated heterocycles. The molecule has 64 valence electrons. The lowest BCUT2D eigenvalue weighted by molar-refractivity contribution is -0.247. The van der Waals surface area contributed by atoms with Crippen LogP contribution in [0.3, 0.4) is 0 Å². The van der Waals surface area contributed by atoms with Crippen molar-refractivity contribution in [3.63, 3.8) is 0 Å². The third-order valence-corrected chi connectivity index (χ3v) is 2.91. The molecule has 2 aliphatic heterocycles. The van der Waals surface area contributed by atoms with E-state index in [2.05, 4.69) is 6.92 Å². The van der Waals surface area contributed by atoms with Crippen molar-refractivity contribution in [2.45, 2.75) is 38.4 Å². The molecule has 2 fully saturated rings. The van der Waals surface area contributed by atoms with Gasteiger partial charge in [0.05, 0.1) is 13.2 Å². The molecule has 0 aromatic rings. The van der Waals surface area contributed by atoms with Gasteiger partial charge in [-0.15, -0.1) is 0 Å². The Balaban J connectivity index is 2.06. The van der Waals surface area contributed by atoms with Gasteiger partial charge in [0.2, 0.25) is 0 Å². The molecule has 0 N–H and O–H groups in total. The second-order valence-corrected chi connectivity index (χ2v) is 3.66. The van der Waals surface area contributed by atoms with E-state index in [-0.39, 0.29) is 5.79 Å². The van der Waals surface area contributed by atoms with Gasteiger partial charge in [-0.2, -0.15) is 0 Å². The number of hydrogen-bond donors (Lipinski definition) is 0. The minimum Gasteiger partial charge on any atom is -0.350 e. The first kappa shape index (κ1) is 7.56. The maximum Gasteiger partial charge on any atom is 0.170 e. The van der Waals surface area contributed by atoms with Crippen LogP contribution in [0.25, 0.3) is 0 Å². The Kier molecular flexibility index (Phi) is 1.90. The Labute approximate surface area is 67.9 Å². The first-order valence-corrected chi connectivity index (χ1v) is 4.61. The lowest BCUT2D eigenvalue weighted by Crippen LogP contribution is -2.40. The summed E-state index contributed by atoms with van der Waals surface area (Å²) in [4.78, 5) is 0. The Morgan fingerprint density at radius 3 is 2.55 bits per heavy atom. The molecule has 2 rings (SSSR count). The monoisotopic (exact) mass is 156 g/mol. The Hall–Kier alpha value is -0.0800. The average Bonchev–Trinajstić information content (AvgIpc) is 2.36. The van der Waals surface area contributed by atoms with Crippen LogP contribution in [-0.2, 0) is 9.47 Å². The third-order valence-electron chi connectivity index (χ3n) is 2.91. The van der Waals surface area contributed by atoms with Crippen LogP contribution in [0.4, 0.5) is 0 Å². The van der Waals surface area contributed by atoms with E-state index < -0.39 is 0 Å². The molecule has 1 spiro atoms. The highest BCUT2D eigenvalue weighted by molar-refractivity contribution is 4.84. The van der Waals surface area contributed by atoms with Crippen molar-refractivity contribution in [3.05, 3.63) is 0 Å². The van der Waals surface area contributed by atoms with Crippen LogP contribution >= 0.6 is 0 Å². The van der Waals surface area contributed by atoms with Crippen LogP contribution in [0.1, 0.15) is 32.6 Å². The zero-order chi connectivity index (χ0) is 7.73. The number of hydrogen-bond acceptors (Lipinski definition) is 2. The van der Waals surface area contributed by atoms with Gasteiger partial charge in [0, 0.05) is 12.3 Å². The van der Waals surface area contributed by atoms with Gasteiger partial charge < -0.3 is 9.47 Å². The minimum atomic E-state index is -0.168. The van der Waals surface area contributed by atoms with Crippen LogP contribution in [0.5, 0.6) is 0 Å². The van der Waals surface area contributed by atoms with Crippen molar-refractivity contribution in [1.29, 1.82) is 0 Å². The Morgan fingerprint density at radius 1 is 1.18 bits per heavy atom. The van der Waals surface area contributed by atoms with Gasteiger partial charge in [0.25, 0.3) is 0 Å². The van der Waals surface area contributed by atoms with Gasteiger partial charge in [-0.05, 0) is 19.3 Å². The van der Waals surface area contributed by atoms with E-state index in [4.69, 9.17) is 9.47 Å². The van der Waals surface area contributed by atoms with Crippen molar-refractivity contribution in [3.8, 4) is 0 Å². The van der Waals surface area contributed by atoms with E-state index in [1.807, 2.05) is 0 Å². The third kappa shape index (κ3) is 1.18. The molecule has 11 heavy (non-hydrogen) atoms. The van der Waals surface area contributed by atoms with Gasteiger partial charge in [-0.25, -0.2) is 0 Å². The summed E-state index contributed by atoms with van der Waals surface area (Å²) in [6.45, 7) is 4.02. The maximum atomic E-state index is 5.72. The number of rotatable bonds is 0. The van der Waals surface area contributed by atoms with Crippen LogP contribution in [-0.4, -0.2) is 19.0 Å². The van der Waals surface area contributed by atoms with Gasteiger partial charge in [0.15, 0.2) is 5.79 Å². The fraction of sp³-hybridized carbons (Fsp3) is 1.00. The molecule has 0 bridgehead atoms. The van der Waals surface area contributed by atoms with E-state index >= 15 is 0 Å². The molecule has 0 aromatic carbocycles.